The molecule has 3 rings (SSSR count). The third kappa shape index (κ3) is 3.08. The van der Waals surface area contributed by atoms with Crippen molar-refractivity contribution in [1.29, 1.82) is 0 Å². The molecule has 1 aliphatic heterocycles. The van der Waals surface area contributed by atoms with Crippen molar-refractivity contribution in [3.8, 4) is 0 Å². The average Bonchev–Trinajstić information content (AvgIpc) is 2.64. The molecule has 3 heterocycles. The molecule has 0 unspecified atom stereocenters. The fraction of sp³-hybridized carbons (Fsp3) is 0.375. The average molecular weight is 328 g/mol. The number of rotatable bonds is 2. The van der Waals surface area contributed by atoms with Crippen LogP contribution in [-0.4, -0.2) is 58.7 Å². The summed E-state index contributed by atoms with van der Waals surface area (Å²) in [6.45, 7) is 2.23. The van der Waals surface area contributed by atoms with E-state index >= 15 is 0 Å². The lowest BCUT2D eigenvalue weighted by Gasteiger charge is -2.36. The molecule has 0 radical (unpaired) electrons. The van der Waals surface area contributed by atoms with E-state index < -0.39 is 0 Å². The lowest BCUT2D eigenvalue weighted by molar-refractivity contribution is 0.202. The first kappa shape index (κ1) is 16.0. The van der Waals surface area contributed by atoms with Crippen molar-refractivity contribution in [1.82, 2.24) is 19.4 Å². The van der Waals surface area contributed by atoms with Gasteiger partial charge in [0.25, 0.3) is 5.56 Å². The van der Waals surface area contributed by atoms with Crippen molar-refractivity contribution in [2.24, 2.45) is 7.05 Å². The fourth-order valence-corrected chi connectivity index (χ4v) is 2.67. The molecule has 1 saturated heterocycles. The third-order valence-corrected chi connectivity index (χ3v) is 4.13. The summed E-state index contributed by atoms with van der Waals surface area (Å²) >= 11 is 0. The molecule has 24 heavy (non-hydrogen) atoms. The van der Waals surface area contributed by atoms with Gasteiger partial charge in [0, 0.05) is 58.9 Å². The molecule has 0 saturated carbocycles. The molecule has 0 spiro atoms. The van der Waals surface area contributed by atoms with Gasteiger partial charge in [-0.05, 0) is 12.1 Å². The van der Waals surface area contributed by atoms with Gasteiger partial charge in [0.05, 0.1) is 0 Å². The Bertz CT molecular complexity index is 768. The van der Waals surface area contributed by atoms with Gasteiger partial charge in [-0.1, -0.05) is 6.07 Å². The summed E-state index contributed by atoms with van der Waals surface area (Å²) in [5.41, 5.74) is -0.122. The molecule has 0 bridgehead atoms. The Morgan fingerprint density at radius 3 is 2.54 bits per heavy atom. The second-order valence-corrected chi connectivity index (χ2v) is 5.67. The molecule has 2 aromatic heterocycles. The lowest BCUT2D eigenvalue weighted by atomic mass is 10.3. The van der Waals surface area contributed by atoms with Gasteiger partial charge < -0.3 is 14.4 Å². The highest BCUT2D eigenvalue weighted by atomic mass is 16.2. The van der Waals surface area contributed by atoms with Crippen LogP contribution in [-0.2, 0) is 7.05 Å². The van der Waals surface area contributed by atoms with Crippen molar-refractivity contribution in [2.45, 2.75) is 0 Å². The Morgan fingerprint density at radius 2 is 1.88 bits per heavy atom. The predicted molar refractivity (Wildman–Crippen MR) is 91.3 cm³/mol. The summed E-state index contributed by atoms with van der Waals surface area (Å²) < 4.78 is 1.51. The van der Waals surface area contributed by atoms with Crippen molar-refractivity contribution < 1.29 is 4.79 Å². The van der Waals surface area contributed by atoms with Crippen LogP contribution in [0.3, 0.4) is 0 Å². The minimum absolute atomic E-state index is 0.0951. The molecular formula is C16H20N6O2. The maximum Gasteiger partial charge on any atom is 0.325 e. The topological polar surface area (TPSA) is 74.6 Å². The van der Waals surface area contributed by atoms with Gasteiger partial charge >= 0.3 is 6.03 Å². The fourth-order valence-electron chi connectivity index (χ4n) is 2.67. The first-order valence-corrected chi connectivity index (χ1v) is 7.78. The molecule has 8 nitrogen and oxygen atoms in total. The molecule has 0 aromatic carbocycles. The van der Waals surface area contributed by atoms with E-state index in [1.807, 2.05) is 17.0 Å². The lowest BCUT2D eigenvalue weighted by Crippen LogP contribution is -2.53. The van der Waals surface area contributed by atoms with Crippen LogP contribution in [0.2, 0.25) is 0 Å². The number of hydrogen-bond acceptors (Lipinski definition) is 5. The van der Waals surface area contributed by atoms with Crippen LogP contribution in [0.15, 0.2) is 41.6 Å². The van der Waals surface area contributed by atoms with Crippen LogP contribution < -0.4 is 15.4 Å². The van der Waals surface area contributed by atoms with Crippen molar-refractivity contribution in [3.63, 3.8) is 0 Å². The Labute approximate surface area is 140 Å². The number of anilines is 2. The number of aromatic nitrogens is 3. The minimum Gasteiger partial charge on any atom is -0.348 e. The Kier molecular flexibility index (Phi) is 4.45. The highest BCUT2D eigenvalue weighted by Crippen LogP contribution is 2.13. The van der Waals surface area contributed by atoms with Crippen molar-refractivity contribution >= 4 is 17.7 Å². The standard InChI is InChI=1S/C16H20N6O2/c1-19-8-7-18-14(15(19)23)21-9-11-22(12-10-21)16(24)20(2)13-5-3-4-6-17-13/h3-8H,9-12H2,1-2H3. The number of hydrogen-bond donors (Lipinski definition) is 0. The Hall–Kier alpha value is -2.90. The smallest absolute Gasteiger partial charge is 0.325 e. The molecule has 0 aliphatic carbocycles. The van der Waals surface area contributed by atoms with E-state index in [1.165, 1.54) is 9.47 Å². The summed E-state index contributed by atoms with van der Waals surface area (Å²) in [7, 11) is 3.42. The van der Waals surface area contributed by atoms with Gasteiger partial charge in [-0.15, -0.1) is 0 Å². The zero-order chi connectivity index (χ0) is 17.1. The quantitative estimate of drug-likeness (QED) is 0.805. The largest absolute Gasteiger partial charge is 0.348 e. The SMILES string of the molecule is CN(C(=O)N1CCN(c2nccn(C)c2=O)CC1)c1ccccn1. The van der Waals surface area contributed by atoms with E-state index in [0.717, 1.165) is 0 Å². The molecule has 2 amide bonds. The van der Waals surface area contributed by atoms with E-state index in [2.05, 4.69) is 9.97 Å². The van der Waals surface area contributed by atoms with Gasteiger partial charge in [-0.25, -0.2) is 14.8 Å². The van der Waals surface area contributed by atoms with Crippen molar-refractivity contribution in [2.75, 3.05) is 43.0 Å². The molecule has 0 atom stereocenters. The third-order valence-electron chi connectivity index (χ3n) is 4.13. The van der Waals surface area contributed by atoms with Crippen LogP contribution >= 0.6 is 0 Å². The maximum atomic E-state index is 12.6. The number of urea groups is 1. The van der Waals surface area contributed by atoms with Crippen LogP contribution in [0.4, 0.5) is 16.4 Å². The molecule has 2 aromatic rings. The van der Waals surface area contributed by atoms with Crippen LogP contribution in [0, 0.1) is 0 Å². The van der Waals surface area contributed by atoms with E-state index in [1.54, 1.807) is 43.7 Å². The summed E-state index contributed by atoms with van der Waals surface area (Å²) in [6, 6.07) is 5.36. The molecule has 0 N–H and O–H groups in total. The van der Waals surface area contributed by atoms with Gasteiger partial charge in [-0.2, -0.15) is 0 Å². The minimum atomic E-state index is -0.122. The number of aryl methyl sites for hydroxylation is 1. The molecule has 1 aliphatic rings. The number of pyridine rings is 1. The van der Waals surface area contributed by atoms with E-state index in [-0.39, 0.29) is 11.6 Å². The number of amides is 2. The number of carbonyl (C=O) groups is 1. The van der Waals surface area contributed by atoms with Crippen LogP contribution in [0.5, 0.6) is 0 Å². The Morgan fingerprint density at radius 1 is 1.12 bits per heavy atom. The predicted octanol–water partition coefficient (Wildman–Crippen LogP) is 0.554. The van der Waals surface area contributed by atoms with E-state index in [4.69, 9.17) is 0 Å². The summed E-state index contributed by atoms with van der Waals surface area (Å²) in [6.07, 6.45) is 4.91. The first-order valence-electron chi connectivity index (χ1n) is 7.78. The zero-order valence-corrected chi connectivity index (χ0v) is 13.8. The maximum absolute atomic E-state index is 12.6. The van der Waals surface area contributed by atoms with E-state index in [0.29, 0.717) is 37.8 Å². The van der Waals surface area contributed by atoms with Crippen LogP contribution in [0.1, 0.15) is 0 Å². The van der Waals surface area contributed by atoms with Gasteiger partial charge in [-0.3, -0.25) is 9.69 Å². The number of carbonyl (C=O) groups excluding carboxylic acids is 1. The summed E-state index contributed by atoms with van der Waals surface area (Å²) in [4.78, 5) is 38.3. The van der Waals surface area contributed by atoms with Crippen molar-refractivity contribution in [3.05, 3.63) is 47.1 Å². The zero-order valence-electron chi connectivity index (χ0n) is 13.8. The van der Waals surface area contributed by atoms with Crippen LogP contribution in [0.25, 0.3) is 0 Å². The second kappa shape index (κ2) is 6.69. The first-order chi connectivity index (χ1) is 11.6. The normalized spacial score (nSPS) is 14.6. The van der Waals surface area contributed by atoms with Gasteiger partial charge in [0.15, 0.2) is 5.82 Å². The van der Waals surface area contributed by atoms with E-state index in [9.17, 15) is 9.59 Å². The summed E-state index contributed by atoms with van der Waals surface area (Å²) in [5.74, 6) is 1.05. The highest BCUT2D eigenvalue weighted by Gasteiger charge is 2.26. The monoisotopic (exact) mass is 328 g/mol. The number of nitrogens with zero attached hydrogens (tertiary/aromatic N) is 6. The highest BCUT2D eigenvalue weighted by molar-refractivity contribution is 5.90. The van der Waals surface area contributed by atoms with Gasteiger partial charge in [0.2, 0.25) is 0 Å². The number of piperazine rings is 1. The molecule has 1 fully saturated rings. The Balaban J connectivity index is 1.66. The second-order valence-electron chi connectivity index (χ2n) is 5.67. The molecular weight excluding hydrogens is 308 g/mol. The van der Waals surface area contributed by atoms with Gasteiger partial charge in [0.1, 0.15) is 5.82 Å². The molecule has 126 valence electrons. The summed E-state index contributed by atoms with van der Waals surface area (Å²) in [5, 5.41) is 0. The molecule has 8 heteroatoms.